The van der Waals surface area contributed by atoms with Crippen LogP contribution in [0.5, 0.6) is 0 Å². The molecule has 24 heavy (non-hydrogen) atoms. The molecule has 1 heterocycles. The zero-order valence-corrected chi connectivity index (χ0v) is 14.2. The van der Waals surface area contributed by atoms with Gasteiger partial charge in [-0.05, 0) is 31.7 Å². The highest BCUT2D eigenvalue weighted by molar-refractivity contribution is 6.02. The van der Waals surface area contributed by atoms with Crippen molar-refractivity contribution in [3.8, 4) is 0 Å². The van der Waals surface area contributed by atoms with Crippen LogP contribution in [0.25, 0.3) is 0 Å². The first kappa shape index (κ1) is 16.8. The fourth-order valence-corrected chi connectivity index (χ4v) is 3.51. The fraction of sp³-hybridized carbons (Fsp3) is 0.556. The number of anilines is 2. The Morgan fingerprint density at radius 1 is 1.29 bits per heavy atom. The largest absolute Gasteiger partial charge is 0.389 e. The molecule has 0 radical (unpaired) electrons. The zero-order chi connectivity index (χ0) is 17.1. The van der Waals surface area contributed by atoms with Crippen molar-refractivity contribution in [3.63, 3.8) is 0 Å². The first-order valence-electron chi connectivity index (χ1n) is 8.68. The lowest BCUT2D eigenvalue weighted by Gasteiger charge is -2.39. The minimum Gasteiger partial charge on any atom is -0.389 e. The third-order valence-corrected chi connectivity index (χ3v) is 4.94. The van der Waals surface area contributed by atoms with Crippen molar-refractivity contribution in [1.82, 2.24) is 5.32 Å². The van der Waals surface area contributed by atoms with Gasteiger partial charge in [0.15, 0.2) is 0 Å². The van der Waals surface area contributed by atoms with Crippen LogP contribution in [0.2, 0.25) is 0 Å². The number of hydrogen-bond acceptors (Lipinski definition) is 5. The molecule has 130 valence electrons. The number of carbonyl (C=O) groups excluding carboxylic acids is 1. The first-order valence-corrected chi connectivity index (χ1v) is 8.68. The number of amides is 1. The molecule has 6 nitrogen and oxygen atoms in total. The molecule has 6 heteroatoms. The lowest BCUT2D eigenvalue weighted by molar-refractivity contribution is 0.0926. The van der Waals surface area contributed by atoms with Crippen molar-refractivity contribution in [3.05, 3.63) is 17.7 Å². The highest BCUT2D eigenvalue weighted by Gasteiger charge is 2.29. The van der Waals surface area contributed by atoms with Gasteiger partial charge in [0.25, 0.3) is 5.91 Å². The third-order valence-electron chi connectivity index (χ3n) is 4.94. The molecule has 0 unspecified atom stereocenters. The molecule has 1 amide bonds. The number of β-amino-alcohol motifs (C(OH)–C–C–N with tert-alkyl or cyclic N) is 1. The van der Waals surface area contributed by atoms with E-state index in [0.29, 0.717) is 24.3 Å². The molecule has 1 aliphatic heterocycles. The van der Waals surface area contributed by atoms with Crippen LogP contribution in [0, 0.1) is 0 Å². The monoisotopic (exact) mass is 330 g/mol. The van der Waals surface area contributed by atoms with Crippen LogP contribution in [0.3, 0.4) is 0 Å². The van der Waals surface area contributed by atoms with Gasteiger partial charge in [-0.1, -0.05) is 19.3 Å². The number of aliphatic hydroxyl groups excluding tert-OH is 1. The van der Waals surface area contributed by atoms with Crippen molar-refractivity contribution in [2.75, 3.05) is 30.4 Å². The third kappa shape index (κ3) is 3.38. The molecule has 1 aliphatic carbocycles. The second-order valence-corrected chi connectivity index (χ2v) is 6.66. The van der Waals surface area contributed by atoms with E-state index in [1.807, 2.05) is 18.0 Å². The van der Waals surface area contributed by atoms with Gasteiger partial charge in [0.1, 0.15) is 0 Å². The highest BCUT2D eigenvalue weighted by Crippen LogP contribution is 2.35. The highest BCUT2D eigenvalue weighted by atomic mass is 16.3. The summed E-state index contributed by atoms with van der Waals surface area (Å²) in [5.74, 6) is -0.0640. The Bertz CT molecular complexity index is 620. The van der Waals surface area contributed by atoms with Gasteiger partial charge in [0.05, 0.1) is 28.7 Å². The van der Waals surface area contributed by atoms with Gasteiger partial charge in [-0.15, -0.1) is 0 Å². The summed E-state index contributed by atoms with van der Waals surface area (Å²) in [7, 11) is 1.82. The SMILES string of the molecule is C=Nc1cc(C(=O)NC2CCCCC2)c(N2CC(O)C2)cc1NC. The van der Waals surface area contributed by atoms with Gasteiger partial charge in [-0.25, -0.2) is 0 Å². The molecule has 1 aromatic rings. The predicted molar refractivity (Wildman–Crippen MR) is 97.8 cm³/mol. The van der Waals surface area contributed by atoms with E-state index in [4.69, 9.17) is 0 Å². The second-order valence-electron chi connectivity index (χ2n) is 6.66. The molecule has 0 bridgehead atoms. The van der Waals surface area contributed by atoms with Crippen LogP contribution in [0.15, 0.2) is 17.1 Å². The minimum absolute atomic E-state index is 0.0640. The average Bonchev–Trinajstić information content (AvgIpc) is 2.58. The first-order chi connectivity index (χ1) is 11.6. The number of nitrogens with one attached hydrogen (secondary N) is 2. The Balaban J connectivity index is 1.88. The number of aliphatic hydroxyl groups is 1. The maximum atomic E-state index is 12.8. The molecule has 0 spiro atoms. The summed E-state index contributed by atoms with van der Waals surface area (Å²) in [6.07, 6.45) is 5.37. The van der Waals surface area contributed by atoms with Crippen LogP contribution in [0.1, 0.15) is 42.5 Å². The van der Waals surface area contributed by atoms with E-state index in [-0.39, 0.29) is 18.1 Å². The standard InChI is InChI=1S/C18H26N4O2/c1-19-15-8-14(18(24)21-12-6-4-3-5-7-12)17(9-16(15)20-2)22-10-13(23)11-22/h8-9,12-13,20,23H,1,3-7,10-11H2,2H3,(H,21,24). The van der Waals surface area contributed by atoms with Crippen LogP contribution in [-0.4, -0.2) is 50.0 Å². The second kappa shape index (κ2) is 7.21. The maximum absolute atomic E-state index is 12.8. The van der Waals surface area contributed by atoms with Crippen LogP contribution in [-0.2, 0) is 0 Å². The van der Waals surface area contributed by atoms with E-state index in [9.17, 15) is 9.90 Å². The average molecular weight is 330 g/mol. The predicted octanol–water partition coefficient (Wildman–Crippen LogP) is 2.30. The molecule has 2 aliphatic rings. The number of rotatable bonds is 5. The molecule has 0 aromatic heterocycles. The lowest BCUT2D eigenvalue weighted by atomic mass is 9.95. The van der Waals surface area contributed by atoms with E-state index in [1.165, 1.54) is 19.3 Å². The van der Waals surface area contributed by atoms with E-state index < -0.39 is 0 Å². The van der Waals surface area contributed by atoms with E-state index in [0.717, 1.165) is 24.2 Å². The van der Waals surface area contributed by atoms with Gasteiger partial charge < -0.3 is 20.6 Å². The van der Waals surface area contributed by atoms with Crippen molar-refractivity contribution < 1.29 is 9.90 Å². The Hall–Kier alpha value is -2.08. The van der Waals surface area contributed by atoms with Gasteiger partial charge >= 0.3 is 0 Å². The lowest BCUT2D eigenvalue weighted by Crippen LogP contribution is -2.51. The van der Waals surface area contributed by atoms with Gasteiger partial charge in [-0.3, -0.25) is 9.79 Å². The summed E-state index contributed by atoms with van der Waals surface area (Å²) in [5.41, 5.74) is 2.94. The number of carbonyl (C=O) groups is 1. The molecule has 3 N–H and O–H groups in total. The van der Waals surface area contributed by atoms with Gasteiger partial charge in [0.2, 0.25) is 0 Å². The molecular formula is C18H26N4O2. The van der Waals surface area contributed by atoms with Gasteiger partial charge in [-0.2, -0.15) is 0 Å². The summed E-state index contributed by atoms with van der Waals surface area (Å²) in [4.78, 5) is 18.9. The molecule has 1 saturated carbocycles. The molecule has 0 atom stereocenters. The summed E-state index contributed by atoms with van der Waals surface area (Å²) in [5, 5.41) is 15.9. The fourth-order valence-electron chi connectivity index (χ4n) is 3.51. The maximum Gasteiger partial charge on any atom is 0.253 e. The Kier molecular flexibility index (Phi) is 5.04. The molecule has 2 fully saturated rings. The van der Waals surface area contributed by atoms with Crippen LogP contribution >= 0.6 is 0 Å². The van der Waals surface area contributed by atoms with Crippen molar-refractivity contribution in [1.29, 1.82) is 0 Å². The number of hydrogen-bond donors (Lipinski definition) is 3. The van der Waals surface area contributed by atoms with Gasteiger partial charge in [0, 0.05) is 26.2 Å². The molecule has 3 rings (SSSR count). The summed E-state index contributed by atoms with van der Waals surface area (Å²) >= 11 is 0. The minimum atomic E-state index is -0.325. The molecule has 1 aromatic carbocycles. The Morgan fingerprint density at radius 2 is 2.00 bits per heavy atom. The van der Waals surface area contributed by atoms with Crippen LogP contribution in [0.4, 0.5) is 17.1 Å². The Morgan fingerprint density at radius 3 is 2.58 bits per heavy atom. The van der Waals surface area contributed by atoms with E-state index in [2.05, 4.69) is 22.3 Å². The van der Waals surface area contributed by atoms with E-state index >= 15 is 0 Å². The zero-order valence-electron chi connectivity index (χ0n) is 14.2. The topological polar surface area (TPSA) is 77.0 Å². The number of nitrogens with zero attached hydrogens (tertiary/aromatic N) is 2. The number of aliphatic imine (C=N–C) groups is 1. The Labute approximate surface area is 143 Å². The smallest absolute Gasteiger partial charge is 0.253 e. The summed E-state index contributed by atoms with van der Waals surface area (Å²) in [6.45, 7) is 4.70. The summed E-state index contributed by atoms with van der Waals surface area (Å²) in [6, 6.07) is 3.97. The number of benzene rings is 1. The van der Waals surface area contributed by atoms with Crippen molar-refractivity contribution in [2.45, 2.75) is 44.2 Å². The quantitative estimate of drug-likeness (QED) is 0.724. The molecule has 1 saturated heterocycles. The van der Waals surface area contributed by atoms with Crippen molar-refractivity contribution >= 4 is 29.7 Å². The van der Waals surface area contributed by atoms with Crippen molar-refractivity contribution in [2.24, 2.45) is 4.99 Å². The normalized spacial score (nSPS) is 18.8. The summed E-state index contributed by atoms with van der Waals surface area (Å²) < 4.78 is 0. The molecular weight excluding hydrogens is 304 g/mol. The van der Waals surface area contributed by atoms with Crippen LogP contribution < -0.4 is 15.5 Å². The van der Waals surface area contributed by atoms with E-state index in [1.54, 1.807) is 6.07 Å².